The van der Waals surface area contributed by atoms with E-state index in [1.807, 2.05) is 11.0 Å². The Bertz CT molecular complexity index is 1010. The van der Waals surface area contributed by atoms with Crippen LogP contribution < -0.4 is 0 Å². The maximum atomic E-state index is 14.0. The fraction of sp³-hybridized carbons (Fsp3) is 0.480. The van der Waals surface area contributed by atoms with Crippen molar-refractivity contribution >= 4 is 15.9 Å². The van der Waals surface area contributed by atoms with E-state index in [1.165, 1.54) is 28.1 Å². The van der Waals surface area contributed by atoms with Gasteiger partial charge in [-0.1, -0.05) is 42.5 Å². The van der Waals surface area contributed by atoms with Gasteiger partial charge in [0.1, 0.15) is 10.7 Å². The molecule has 2 aliphatic rings. The highest BCUT2D eigenvalue weighted by Crippen LogP contribution is 2.29. The number of hydrogen-bond acceptors (Lipinski definition) is 3. The minimum atomic E-state index is -3.87. The Kier molecular flexibility index (Phi) is 7.26. The van der Waals surface area contributed by atoms with E-state index in [9.17, 15) is 17.6 Å². The first kappa shape index (κ1) is 22.9. The molecule has 2 aromatic carbocycles. The summed E-state index contributed by atoms with van der Waals surface area (Å²) in [6.45, 7) is 2.07. The monoisotopic (exact) mass is 458 g/mol. The van der Waals surface area contributed by atoms with Gasteiger partial charge in [0, 0.05) is 32.1 Å². The molecule has 0 atom stereocenters. The summed E-state index contributed by atoms with van der Waals surface area (Å²) in [6.07, 6.45) is 5.26. The number of sulfonamides is 1. The van der Waals surface area contributed by atoms with E-state index in [2.05, 4.69) is 24.3 Å². The second kappa shape index (κ2) is 10.1. The first-order valence-corrected chi connectivity index (χ1v) is 13.0. The SMILES string of the molecule is O=C(C1CCN(S(=O)(=O)c2ccccc2F)CC1)N1CCC(CCc2ccccc2)CC1. The molecule has 4 rings (SSSR count). The lowest BCUT2D eigenvalue weighted by Crippen LogP contribution is -2.46. The Labute approximate surface area is 190 Å². The van der Waals surface area contributed by atoms with E-state index in [4.69, 9.17) is 0 Å². The molecular weight excluding hydrogens is 427 g/mol. The summed E-state index contributed by atoms with van der Waals surface area (Å²) < 4.78 is 40.9. The van der Waals surface area contributed by atoms with Crippen molar-refractivity contribution in [1.82, 2.24) is 9.21 Å². The van der Waals surface area contributed by atoms with Crippen LogP contribution in [0.4, 0.5) is 4.39 Å². The third-order valence-electron chi connectivity index (χ3n) is 6.87. The molecular formula is C25H31FN2O3S. The van der Waals surface area contributed by atoms with Crippen LogP contribution >= 0.6 is 0 Å². The Morgan fingerprint density at radius 2 is 1.50 bits per heavy atom. The van der Waals surface area contributed by atoms with Crippen LogP contribution in [0.5, 0.6) is 0 Å². The highest BCUT2D eigenvalue weighted by Gasteiger charge is 2.35. The van der Waals surface area contributed by atoms with Crippen molar-refractivity contribution in [1.29, 1.82) is 0 Å². The van der Waals surface area contributed by atoms with Crippen molar-refractivity contribution in [3.8, 4) is 0 Å². The van der Waals surface area contributed by atoms with Gasteiger partial charge in [0.05, 0.1) is 0 Å². The summed E-state index contributed by atoms with van der Waals surface area (Å²) in [6, 6.07) is 16.0. The van der Waals surface area contributed by atoms with Crippen molar-refractivity contribution in [2.24, 2.45) is 11.8 Å². The average molecular weight is 459 g/mol. The zero-order valence-corrected chi connectivity index (χ0v) is 19.1. The third kappa shape index (κ3) is 5.21. The van der Waals surface area contributed by atoms with Crippen LogP contribution in [0.25, 0.3) is 0 Å². The standard InChI is InChI=1S/C25H31FN2O3S/c26-23-8-4-5-9-24(23)32(30,31)28-18-14-22(15-19-28)25(29)27-16-12-21(13-17-27)11-10-20-6-2-1-3-7-20/h1-9,21-22H,10-19H2. The molecule has 0 radical (unpaired) electrons. The van der Waals surface area contributed by atoms with Crippen molar-refractivity contribution in [2.75, 3.05) is 26.2 Å². The average Bonchev–Trinajstić information content (AvgIpc) is 2.83. The van der Waals surface area contributed by atoms with E-state index >= 15 is 0 Å². The molecule has 0 N–H and O–H groups in total. The lowest BCUT2D eigenvalue weighted by atomic mass is 9.89. The van der Waals surface area contributed by atoms with Crippen LogP contribution in [-0.2, 0) is 21.2 Å². The van der Waals surface area contributed by atoms with Crippen LogP contribution in [0.1, 0.15) is 37.7 Å². The van der Waals surface area contributed by atoms with Crippen LogP contribution in [0.2, 0.25) is 0 Å². The smallest absolute Gasteiger partial charge is 0.245 e. The molecule has 2 aliphatic heterocycles. The number of piperidine rings is 2. The summed E-state index contributed by atoms with van der Waals surface area (Å²) in [5.74, 6) is -0.0924. The summed E-state index contributed by atoms with van der Waals surface area (Å²) >= 11 is 0. The van der Waals surface area contributed by atoms with Gasteiger partial charge >= 0.3 is 0 Å². The molecule has 0 unspecified atom stereocenters. The molecule has 7 heteroatoms. The summed E-state index contributed by atoms with van der Waals surface area (Å²) in [7, 11) is -3.87. The van der Waals surface area contributed by atoms with Crippen molar-refractivity contribution < 1.29 is 17.6 Å². The van der Waals surface area contributed by atoms with Crippen molar-refractivity contribution in [2.45, 2.75) is 43.4 Å². The number of halogens is 1. The Morgan fingerprint density at radius 3 is 2.16 bits per heavy atom. The highest BCUT2D eigenvalue weighted by molar-refractivity contribution is 7.89. The van der Waals surface area contributed by atoms with Crippen LogP contribution in [0.3, 0.4) is 0 Å². The van der Waals surface area contributed by atoms with Gasteiger partial charge in [-0.05, 0) is 62.1 Å². The number of amides is 1. The number of carbonyl (C=O) groups is 1. The Balaban J connectivity index is 1.25. The molecule has 0 aliphatic carbocycles. The molecule has 0 saturated carbocycles. The Hall–Kier alpha value is -2.25. The second-order valence-corrected chi connectivity index (χ2v) is 10.8. The molecule has 172 valence electrons. The van der Waals surface area contributed by atoms with Gasteiger partial charge in [-0.15, -0.1) is 0 Å². The van der Waals surface area contributed by atoms with Gasteiger partial charge in [0.25, 0.3) is 0 Å². The van der Waals surface area contributed by atoms with Gasteiger partial charge in [0.15, 0.2) is 0 Å². The van der Waals surface area contributed by atoms with E-state index in [1.54, 1.807) is 0 Å². The molecule has 0 bridgehead atoms. The number of benzene rings is 2. The quantitative estimate of drug-likeness (QED) is 0.655. The maximum absolute atomic E-state index is 14.0. The van der Waals surface area contributed by atoms with Gasteiger partial charge in [-0.2, -0.15) is 4.31 Å². The van der Waals surface area contributed by atoms with Crippen LogP contribution in [-0.4, -0.2) is 49.7 Å². The summed E-state index contributed by atoms with van der Waals surface area (Å²) in [5, 5.41) is 0. The molecule has 2 fully saturated rings. The lowest BCUT2D eigenvalue weighted by molar-refractivity contribution is -0.138. The van der Waals surface area contributed by atoms with Crippen molar-refractivity contribution in [3.63, 3.8) is 0 Å². The largest absolute Gasteiger partial charge is 0.342 e. The topological polar surface area (TPSA) is 57.7 Å². The molecule has 0 aromatic heterocycles. The number of carbonyl (C=O) groups excluding carboxylic acids is 1. The second-order valence-electron chi connectivity index (χ2n) is 8.90. The zero-order chi connectivity index (χ0) is 22.6. The lowest BCUT2D eigenvalue weighted by Gasteiger charge is -2.37. The molecule has 2 aromatic rings. The van der Waals surface area contributed by atoms with Crippen LogP contribution in [0, 0.1) is 17.7 Å². The summed E-state index contributed by atoms with van der Waals surface area (Å²) in [4.78, 5) is 14.7. The van der Waals surface area contributed by atoms with Gasteiger partial charge in [0.2, 0.25) is 15.9 Å². The first-order valence-electron chi connectivity index (χ1n) is 11.5. The number of rotatable bonds is 6. The maximum Gasteiger partial charge on any atom is 0.245 e. The molecule has 2 heterocycles. The molecule has 0 spiro atoms. The minimum Gasteiger partial charge on any atom is -0.342 e. The van der Waals surface area contributed by atoms with Gasteiger partial charge < -0.3 is 4.90 Å². The number of aryl methyl sites for hydroxylation is 1. The predicted molar refractivity (Wildman–Crippen MR) is 122 cm³/mol. The van der Waals surface area contributed by atoms with Crippen LogP contribution in [0.15, 0.2) is 59.5 Å². The Morgan fingerprint density at radius 1 is 0.875 bits per heavy atom. The van der Waals surface area contributed by atoms with E-state index < -0.39 is 15.8 Å². The van der Waals surface area contributed by atoms with Gasteiger partial charge in [-0.25, -0.2) is 12.8 Å². The molecule has 1 amide bonds. The number of nitrogens with zero attached hydrogens (tertiary/aromatic N) is 2. The van der Waals surface area contributed by atoms with Gasteiger partial charge in [-0.3, -0.25) is 4.79 Å². The number of likely N-dealkylation sites (tertiary alicyclic amines) is 1. The fourth-order valence-electron chi connectivity index (χ4n) is 4.85. The fourth-order valence-corrected chi connectivity index (χ4v) is 6.39. The van der Waals surface area contributed by atoms with Crippen molar-refractivity contribution in [3.05, 3.63) is 66.0 Å². The summed E-state index contributed by atoms with van der Waals surface area (Å²) in [5.41, 5.74) is 1.36. The highest BCUT2D eigenvalue weighted by atomic mass is 32.2. The van der Waals surface area contributed by atoms with E-state index in [0.717, 1.165) is 44.8 Å². The third-order valence-corrected chi connectivity index (χ3v) is 8.80. The zero-order valence-electron chi connectivity index (χ0n) is 18.3. The molecule has 2 saturated heterocycles. The molecule has 5 nitrogen and oxygen atoms in total. The normalized spacial score (nSPS) is 19.2. The number of hydrogen-bond donors (Lipinski definition) is 0. The van der Waals surface area contributed by atoms with E-state index in [0.29, 0.717) is 18.8 Å². The first-order chi connectivity index (χ1) is 15.4. The predicted octanol–water partition coefficient (Wildman–Crippen LogP) is 4.10. The minimum absolute atomic E-state index is 0.148. The van der Waals surface area contributed by atoms with E-state index in [-0.39, 0.29) is 29.8 Å². The molecule has 32 heavy (non-hydrogen) atoms.